The number of anilines is 1. The molecule has 3 rings (SSSR count). The smallest absolute Gasteiger partial charge is 0.187 e. The molecule has 0 bridgehead atoms. The largest absolute Gasteiger partial charge is 0.359 e. The molecule has 4 nitrogen and oxygen atoms in total. The second-order valence-corrected chi connectivity index (χ2v) is 5.91. The summed E-state index contributed by atoms with van der Waals surface area (Å²) in [7, 11) is 0. The van der Waals surface area contributed by atoms with Crippen molar-refractivity contribution in [2.45, 2.75) is 6.92 Å². The van der Waals surface area contributed by atoms with E-state index in [1.165, 1.54) is 30.3 Å². The molecule has 0 aliphatic rings. The number of hydrogen-bond donors (Lipinski definition) is 1. The first-order valence-electron chi connectivity index (χ1n) is 8.42. The Morgan fingerprint density at radius 3 is 2.07 bits per heavy atom. The maximum absolute atomic E-state index is 12.9. The molecule has 0 saturated heterocycles. The number of nitrogens with zero attached hydrogens (tertiary/aromatic N) is 2. The van der Waals surface area contributed by atoms with Gasteiger partial charge in [-0.05, 0) is 67.6 Å². The number of benzene rings is 3. The van der Waals surface area contributed by atoms with Gasteiger partial charge in [-0.25, -0.2) is 4.39 Å². The quantitative estimate of drug-likeness (QED) is 0.313. The summed E-state index contributed by atoms with van der Waals surface area (Å²) in [5.41, 5.74) is 3.47. The van der Waals surface area contributed by atoms with Crippen LogP contribution in [0.15, 0.2) is 101 Å². The predicted octanol–water partition coefficient (Wildman–Crippen LogP) is 6.44. The summed E-state index contributed by atoms with van der Waals surface area (Å²) in [6.07, 6.45) is 1.48. The minimum atomic E-state index is -0.366. The Hall–Kier alpha value is -3.60. The van der Waals surface area contributed by atoms with Crippen LogP contribution in [-0.2, 0) is 0 Å². The van der Waals surface area contributed by atoms with E-state index in [0.717, 1.165) is 17.1 Å². The molecule has 134 valence electrons. The molecule has 0 aliphatic carbocycles. The van der Waals surface area contributed by atoms with Gasteiger partial charge in [0.2, 0.25) is 0 Å². The Balaban J connectivity index is 1.62. The maximum atomic E-state index is 12.9. The highest BCUT2D eigenvalue weighted by molar-refractivity contribution is 6.05. The van der Waals surface area contributed by atoms with Crippen LogP contribution in [0.4, 0.5) is 21.5 Å². The molecule has 0 saturated carbocycles. The number of nitrogens with one attached hydrogen (secondary N) is 1. The predicted molar refractivity (Wildman–Crippen MR) is 105 cm³/mol. The van der Waals surface area contributed by atoms with Crippen molar-refractivity contribution >= 4 is 22.8 Å². The van der Waals surface area contributed by atoms with Crippen molar-refractivity contribution < 1.29 is 9.18 Å². The fourth-order valence-corrected chi connectivity index (χ4v) is 2.38. The van der Waals surface area contributed by atoms with Crippen LogP contribution in [0.1, 0.15) is 17.3 Å². The molecule has 3 aromatic carbocycles. The lowest BCUT2D eigenvalue weighted by atomic mass is 10.1. The number of ketones is 1. The molecule has 0 aliphatic heterocycles. The molecule has 0 spiro atoms. The van der Waals surface area contributed by atoms with Crippen LogP contribution in [-0.4, -0.2) is 5.78 Å². The Morgan fingerprint density at radius 1 is 0.852 bits per heavy atom. The zero-order valence-corrected chi connectivity index (χ0v) is 14.8. The fraction of sp³-hybridized carbons (Fsp3) is 0.0455. The fourth-order valence-electron chi connectivity index (χ4n) is 2.38. The zero-order valence-electron chi connectivity index (χ0n) is 14.8. The van der Waals surface area contributed by atoms with Gasteiger partial charge in [-0.3, -0.25) is 4.79 Å². The first-order valence-corrected chi connectivity index (χ1v) is 8.42. The lowest BCUT2D eigenvalue weighted by Gasteiger charge is -2.06. The van der Waals surface area contributed by atoms with Crippen molar-refractivity contribution in [3.8, 4) is 0 Å². The molecule has 0 radical (unpaired) electrons. The van der Waals surface area contributed by atoms with Gasteiger partial charge in [0.25, 0.3) is 0 Å². The number of allylic oxidation sites excluding steroid dienone is 2. The van der Waals surface area contributed by atoms with Crippen LogP contribution in [0, 0.1) is 5.82 Å². The Labute approximate surface area is 157 Å². The second kappa shape index (κ2) is 8.67. The van der Waals surface area contributed by atoms with Crippen LogP contribution < -0.4 is 5.32 Å². The highest BCUT2D eigenvalue weighted by Gasteiger charge is 2.04. The number of rotatable bonds is 6. The van der Waals surface area contributed by atoms with E-state index in [-0.39, 0.29) is 11.6 Å². The lowest BCUT2D eigenvalue weighted by molar-refractivity contribution is 0.104. The molecule has 1 N–H and O–H groups in total. The molecule has 0 heterocycles. The van der Waals surface area contributed by atoms with E-state index in [0.29, 0.717) is 11.3 Å². The van der Waals surface area contributed by atoms with Crippen molar-refractivity contribution in [1.82, 2.24) is 0 Å². The van der Waals surface area contributed by atoms with Crippen molar-refractivity contribution in [2.75, 3.05) is 5.32 Å². The Bertz CT molecular complexity index is 963. The standard InChI is InChI=1S/C22H18FN3O/c1-16(15-22(27)17-7-9-18(23)10-8-17)24-19-11-13-21(14-12-19)26-25-20-5-3-2-4-6-20/h2-15,24H,1H3/b16-15+,26-25?. The summed E-state index contributed by atoms with van der Waals surface area (Å²) < 4.78 is 12.9. The summed E-state index contributed by atoms with van der Waals surface area (Å²) in [6.45, 7) is 1.80. The summed E-state index contributed by atoms with van der Waals surface area (Å²) in [5.74, 6) is -0.553. The van der Waals surface area contributed by atoms with E-state index in [2.05, 4.69) is 15.5 Å². The topological polar surface area (TPSA) is 53.8 Å². The molecule has 0 fully saturated rings. The van der Waals surface area contributed by atoms with E-state index in [4.69, 9.17) is 0 Å². The third-order valence-corrected chi connectivity index (χ3v) is 3.72. The van der Waals surface area contributed by atoms with E-state index < -0.39 is 0 Å². The molecular formula is C22H18FN3O. The summed E-state index contributed by atoms with van der Waals surface area (Å²) in [5, 5.41) is 11.5. The van der Waals surface area contributed by atoms with Gasteiger partial charge in [0, 0.05) is 23.0 Å². The van der Waals surface area contributed by atoms with Gasteiger partial charge in [0.1, 0.15) is 5.82 Å². The molecule has 0 aromatic heterocycles. The molecule has 3 aromatic rings. The van der Waals surface area contributed by atoms with Crippen LogP contribution in [0.2, 0.25) is 0 Å². The molecule has 0 amide bonds. The van der Waals surface area contributed by atoms with Crippen molar-refractivity contribution in [2.24, 2.45) is 10.2 Å². The minimum absolute atomic E-state index is 0.187. The second-order valence-electron chi connectivity index (χ2n) is 5.91. The first kappa shape index (κ1) is 18.2. The molecule has 0 atom stereocenters. The van der Waals surface area contributed by atoms with E-state index in [1.54, 1.807) is 6.92 Å². The van der Waals surface area contributed by atoms with Crippen LogP contribution >= 0.6 is 0 Å². The van der Waals surface area contributed by atoms with Gasteiger partial charge < -0.3 is 5.32 Å². The van der Waals surface area contributed by atoms with Gasteiger partial charge in [-0.2, -0.15) is 10.2 Å². The summed E-state index contributed by atoms with van der Waals surface area (Å²) in [6, 6.07) is 22.4. The number of halogens is 1. The normalized spacial score (nSPS) is 11.6. The van der Waals surface area contributed by atoms with Gasteiger partial charge in [-0.15, -0.1) is 0 Å². The molecule has 5 heteroatoms. The van der Waals surface area contributed by atoms with Gasteiger partial charge in [-0.1, -0.05) is 18.2 Å². The third kappa shape index (κ3) is 5.44. The van der Waals surface area contributed by atoms with Gasteiger partial charge in [0.05, 0.1) is 11.4 Å². The Kier molecular flexibility index (Phi) is 5.84. The van der Waals surface area contributed by atoms with E-state index >= 15 is 0 Å². The number of carbonyl (C=O) groups excluding carboxylic acids is 1. The van der Waals surface area contributed by atoms with Crippen LogP contribution in [0.25, 0.3) is 0 Å². The molecule has 0 unspecified atom stereocenters. The number of hydrogen-bond acceptors (Lipinski definition) is 4. The monoisotopic (exact) mass is 359 g/mol. The molecule has 27 heavy (non-hydrogen) atoms. The lowest BCUT2D eigenvalue weighted by Crippen LogP contribution is -2.01. The van der Waals surface area contributed by atoms with Crippen molar-refractivity contribution in [3.05, 3.63) is 102 Å². The zero-order chi connectivity index (χ0) is 19.1. The van der Waals surface area contributed by atoms with E-state index in [9.17, 15) is 9.18 Å². The van der Waals surface area contributed by atoms with Gasteiger partial charge >= 0.3 is 0 Å². The van der Waals surface area contributed by atoms with Crippen LogP contribution in [0.3, 0.4) is 0 Å². The average molecular weight is 359 g/mol. The SMILES string of the molecule is C/C(=C\C(=O)c1ccc(F)cc1)Nc1ccc(N=Nc2ccccc2)cc1. The molecular weight excluding hydrogens is 341 g/mol. The van der Waals surface area contributed by atoms with Crippen molar-refractivity contribution in [3.63, 3.8) is 0 Å². The van der Waals surface area contributed by atoms with Crippen LogP contribution in [0.5, 0.6) is 0 Å². The number of azo groups is 1. The Morgan fingerprint density at radius 2 is 1.44 bits per heavy atom. The van der Waals surface area contributed by atoms with Gasteiger partial charge in [0.15, 0.2) is 5.78 Å². The summed E-state index contributed by atoms with van der Waals surface area (Å²) in [4.78, 5) is 12.2. The highest BCUT2D eigenvalue weighted by Crippen LogP contribution is 2.20. The van der Waals surface area contributed by atoms with Crippen molar-refractivity contribution in [1.29, 1.82) is 0 Å². The highest BCUT2D eigenvalue weighted by atomic mass is 19.1. The summed E-state index contributed by atoms with van der Waals surface area (Å²) >= 11 is 0. The van der Waals surface area contributed by atoms with E-state index in [1.807, 2.05) is 54.6 Å². The third-order valence-electron chi connectivity index (χ3n) is 3.72. The average Bonchev–Trinajstić information content (AvgIpc) is 2.68. The number of carbonyl (C=O) groups is 1. The minimum Gasteiger partial charge on any atom is -0.359 e. The maximum Gasteiger partial charge on any atom is 0.187 e. The first-order chi connectivity index (χ1) is 13.1.